The van der Waals surface area contributed by atoms with E-state index >= 15 is 0 Å². The van der Waals surface area contributed by atoms with Crippen LogP contribution in [0.5, 0.6) is 5.75 Å². The van der Waals surface area contributed by atoms with Crippen LogP contribution in [0.1, 0.15) is 19.4 Å². The molecule has 0 saturated carbocycles. The van der Waals surface area contributed by atoms with E-state index in [0.29, 0.717) is 17.3 Å². The largest absolute Gasteiger partial charge is 0.493 e. The number of alkyl halides is 3. The van der Waals surface area contributed by atoms with E-state index < -0.39 is 35.6 Å². The molecular formula is C19H20F4N4O2. The van der Waals surface area contributed by atoms with E-state index in [4.69, 9.17) is 15.2 Å². The normalized spacial score (nSPS) is 24.7. The molecule has 2 heterocycles. The first-order valence-corrected chi connectivity index (χ1v) is 8.63. The van der Waals surface area contributed by atoms with Gasteiger partial charge in [0.25, 0.3) is 0 Å². The molecule has 1 aromatic carbocycles. The van der Waals surface area contributed by atoms with Crippen molar-refractivity contribution in [1.82, 2.24) is 4.98 Å². The maximum Gasteiger partial charge on any atom is 0.424 e. The van der Waals surface area contributed by atoms with E-state index in [1.807, 2.05) is 0 Å². The Morgan fingerprint density at radius 2 is 1.97 bits per heavy atom. The number of anilines is 2. The molecule has 156 valence electrons. The highest BCUT2D eigenvalue weighted by molar-refractivity contribution is 5.90. The van der Waals surface area contributed by atoms with Crippen molar-refractivity contribution < 1.29 is 27.0 Å². The van der Waals surface area contributed by atoms with Gasteiger partial charge in [0.2, 0.25) is 5.60 Å². The highest BCUT2D eigenvalue weighted by Gasteiger charge is 2.59. The molecule has 2 atom stereocenters. The Labute approximate surface area is 164 Å². The zero-order valence-corrected chi connectivity index (χ0v) is 16.0. The summed E-state index contributed by atoms with van der Waals surface area (Å²) in [6, 6.07) is 7.46. The zero-order valence-electron chi connectivity index (χ0n) is 16.0. The maximum absolute atomic E-state index is 14.6. The first kappa shape index (κ1) is 20.8. The number of rotatable bonds is 4. The summed E-state index contributed by atoms with van der Waals surface area (Å²) >= 11 is 0. The highest BCUT2D eigenvalue weighted by Crippen LogP contribution is 2.42. The molecule has 0 unspecified atom stereocenters. The van der Waals surface area contributed by atoms with Gasteiger partial charge >= 0.3 is 6.18 Å². The smallest absolute Gasteiger partial charge is 0.424 e. The molecule has 0 saturated heterocycles. The van der Waals surface area contributed by atoms with Crippen molar-refractivity contribution >= 4 is 17.3 Å². The number of nitrogens with zero attached hydrogens (tertiary/aromatic N) is 2. The molecule has 0 amide bonds. The second-order valence-corrected chi connectivity index (χ2v) is 6.96. The Bertz CT molecular complexity index is 950. The second kappa shape index (κ2) is 7.18. The van der Waals surface area contributed by atoms with Gasteiger partial charge in [0, 0.05) is 17.4 Å². The number of aliphatic imine (C=N–C) groups is 1. The number of hydrogen-bond acceptors (Lipinski definition) is 6. The Kier molecular flexibility index (Phi) is 5.16. The van der Waals surface area contributed by atoms with E-state index in [9.17, 15) is 17.6 Å². The lowest BCUT2D eigenvalue weighted by Crippen LogP contribution is -2.60. The first-order valence-electron chi connectivity index (χ1n) is 8.63. The number of pyridine rings is 1. The molecule has 1 aliphatic rings. The lowest BCUT2D eigenvalue weighted by molar-refractivity contribution is -0.249. The van der Waals surface area contributed by atoms with Crippen molar-refractivity contribution in [2.75, 3.05) is 19.0 Å². The molecule has 10 heteroatoms. The Hall–Kier alpha value is -2.88. The summed E-state index contributed by atoms with van der Waals surface area (Å²) in [7, 11) is 1.48. The summed E-state index contributed by atoms with van der Waals surface area (Å²) in [4.78, 5) is 8.15. The van der Waals surface area contributed by atoms with Crippen LogP contribution in [0.15, 0.2) is 41.5 Å². The van der Waals surface area contributed by atoms with Crippen LogP contribution in [0.3, 0.4) is 0 Å². The minimum absolute atomic E-state index is 0.0320. The number of halogens is 4. The Balaban J connectivity index is 1.98. The fourth-order valence-corrected chi connectivity index (χ4v) is 2.93. The standard InChI is InChI=1S/C19H20F4N4O2/c1-17(10-29-18(2,16(24)27-17)19(21,22)23)12-9-11(6-7-13(12)20)26-15-14(28-3)5-4-8-25-15/h4-9H,10H2,1-3H3,(H2,24,27)(H,25,26)/t17-,18+/m0/s1. The number of hydrogen-bond donors (Lipinski definition) is 2. The highest BCUT2D eigenvalue weighted by atomic mass is 19.4. The van der Waals surface area contributed by atoms with E-state index in [-0.39, 0.29) is 5.56 Å². The number of nitrogens with one attached hydrogen (secondary N) is 1. The number of nitrogens with two attached hydrogens (primary N) is 1. The quantitative estimate of drug-likeness (QED) is 0.745. The van der Waals surface area contributed by atoms with Gasteiger partial charge in [0.15, 0.2) is 11.6 Å². The third-order valence-electron chi connectivity index (χ3n) is 4.84. The zero-order chi connectivity index (χ0) is 21.4. The molecule has 0 fully saturated rings. The molecule has 3 N–H and O–H groups in total. The van der Waals surface area contributed by atoms with Crippen molar-refractivity contribution in [2.45, 2.75) is 31.2 Å². The third kappa shape index (κ3) is 3.71. The van der Waals surface area contributed by atoms with Gasteiger partial charge in [-0.25, -0.2) is 9.37 Å². The summed E-state index contributed by atoms with van der Waals surface area (Å²) in [6.45, 7) is 1.75. The summed E-state index contributed by atoms with van der Waals surface area (Å²) in [5.41, 5.74) is 1.91. The molecule has 3 rings (SSSR count). The number of ether oxygens (including phenoxy) is 2. The van der Waals surface area contributed by atoms with Crippen molar-refractivity contribution in [3.63, 3.8) is 0 Å². The van der Waals surface area contributed by atoms with Crippen LogP contribution in [-0.4, -0.2) is 36.3 Å². The number of benzene rings is 1. The van der Waals surface area contributed by atoms with Crippen LogP contribution in [0, 0.1) is 5.82 Å². The Morgan fingerprint density at radius 1 is 1.24 bits per heavy atom. The van der Waals surface area contributed by atoms with Crippen LogP contribution >= 0.6 is 0 Å². The van der Waals surface area contributed by atoms with Crippen LogP contribution in [0.25, 0.3) is 0 Å². The summed E-state index contributed by atoms with van der Waals surface area (Å²) in [5, 5.41) is 3.00. The van der Waals surface area contributed by atoms with Gasteiger partial charge in [0.1, 0.15) is 17.2 Å². The first-order chi connectivity index (χ1) is 13.5. The molecule has 0 spiro atoms. The van der Waals surface area contributed by atoms with Crippen molar-refractivity contribution in [3.05, 3.63) is 47.9 Å². The van der Waals surface area contributed by atoms with Gasteiger partial charge in [-0.15, -0.1) is 0 Å². The average Bonchev–Trinajstić information content (AvgIpc) is 2.66. The molecule has 1 aromatic heterocycles. The molecule has 1 aliphatic heterocycles. The molecule has 2 aromatic rings. The SMILES string of the molecule is COc1cccnc1Nc1ccc(F)c([C@]2(C)CO[C@@](C)(C(F)(F)F)C(N)=N2)c1. The van der Waals surface area contributed by atoms with Crippen LogP contribution in [0.4, 0.5) is 29.1 Å². The summed E-state index contributed by atoms with van der Waals surface area (Å²) in [6.07, 6.45) is -3.20. The molecule has 0 aliphatic carbocycles. The number of aromatic nitrogens is 1. The second-order valence-electron chi connectivity index (χ2n) is 6.96. The lowest BCUT2D eigenvalue weighted by atomic mass is 9.89. The van der Waals surface area contributed by atoms with Gasteiger partial charge < -0.3 is 20.5 Å². The minimum Gasteiger partial charge on any atom is -0.493 e. The van der Waals surface area contributed by atoms with Crippen LogP contribution in [0.2, 0.25) is 0 Å². The van der Waals surface area contributed by atoms with Gasteiger partial charge in [-0.3, -0.25) is 4.99 Å². The monoisotopic (exact) mass is 412 g/mol. The van der Waals surface area contributed by atoms with Gasteiger partial charge in [-0.1, -0.05) is 0 Å². The lowest BCUT2D eigenvalue weighted by Gasteiger charge is -2.41. The fourth-order valence-electron chi connectivity index (χ4n) is 2.93. The summed E-state index contributed by atoms with van der Waals surface area (Å²) in [5.74, 6) is -0.552. The average molecular weight is 412 g/mol. The van der Waals surface area contributed by atoms with Crippen molar-refractivity contribution in [3.8, 4) is 5.75 Å². The number of amidine groups is 1. The maximum atomic E-state index is 14.6. The molecule has 0 radical (unpaired) electrons. The topological polar surface area (TPSA) is 81.8 Å². The molecule has 29 heavy (non-hydrogen) atoms. The van der Waals surface area contributed by atoms with Gasteiger partial charge in [-0.2, -0.15) is 13.2 Å². The third-order valence-corrected chi connectivity index (χ3v) is 4.84. The fraction of sp³-hybridized carbons (Fsp3) is 0.368. The van der Waals surface area contributed by atoms with Crippen LogP contribution < -0.4 is 15.8 Å². The molecule has 6 nitrogen and oxygen atoms in total. The van der Waals surface area contributed by atoms with E-state index in [1.165, 1.54) is 32.2 Å². The predicted octanol–water partition coefficient (Wildman–Crippen LogP) is 3.90. The van der Waals surface area contributed by atoms with Crippen molar-refractivity contribution in [2.24, 2.45) is 10.7 Å². The van der Waals surface area contributed by atoms with Gasteiger partial charge in [0.05, 0.1) is 13.7 Å². The Morgan fingerprint density at radius 3 is 2.59 bits per heavy atom. The van der Waals surface area contributed by atoms with Crippen molar-refractivity contribution in [1.29, 1.82) is 0 Å². The van der Waals surface area contributed by atoms with E-state index in [2.05, 4.69) is 15.3 Å². The van der Waals surface area contributed by atoms with Gasteiger partial charge in [-0.05, 0) is 44.2 Å². The molecular weight excluding hydrogens is 392 g/mol. The predicted molar refractivity (Wildman–Crippen MR) is 99.9 cm³/mol. The van der Waals surface area contributed by atoms with E-state index in [1.54, 1.807) is 18.3 Å². The number of methoxy groups -OCH3 is 1. The van der Waals surface area contributed by atoms with E-state index in [0.717, 1.165) is 6.92 Å². The minimum atomic E-state index is -4.75. The molecule has 0 bridgehead atoms. The summed E-state index contributed by atoms with van der Waals surface area (Å²) < 4.78 is 64.8. The van der Waals surface area contributed by atoms with Crippen LogP contribution in [-0.2, 0) is 10.3 Å².